The summed E-state index contributed by atoms with van der Waals surface area (Å²) >= 11 is 12.0. The molecule has 2 aromatic carbocycles. The molecule has 0 unspecified atom stereocenters. The van der Waals surface area contributed by atoms with Gasteiger partial charge in [0.2, 0.25) is 0 Å². The lowest BCUT2D eigenvalue weighted by Gasteiger charge is -2.02. The minimum Gasteiger partial charge on any atom is -0.464 e. The highest BCUT2D eigenvalue weighted by Crippen LogP contribution is 2.27. The Hall–Kier alpha value is -1.77. The van der Waals surface area contributed by atoms with Crippen molar-refractivity contribution in [3.05, 3.63) is 69.9 Å². The third kappa shape index (κ3) is 2.14. The zero-order valence-corrected chi connectivity index (χ0v) is 11.2. The number of ketones is 1. The van der Waals surface area contributed by atoms with Crippen molar-refractivity contribution in [1.82, 2.24) is 0 Å². The van der Waals surface area contributed by atoms with Crippen LogP contribution in [0.3, 0.4) is 0 Å². The Balaban J connectivity index is 2.16. The lowest BCUT2D eigenvalue weighted by molar-refractivity contribution is 0.103. The van der Waals surface area contributed by atoms with Crippen molar-refractivity contribution in [3.63, 3.8) is 0 Å². The number of carbonyl (C=O) groups excluding carboxylic acids is 1. The molecule has 0 aliphatic heterocycles. The van der Waals surface area contributed by atoms with E-state index in [0.717, 1.165) is 5.39 Å². The standard InChI is InChI=1S/C15H8Cl2O2/c16-9-5-6-13(17)11(7-9)15(18)12-8-19-14-4-2-1-3-10(12)14/h1-8H. The molecule has 0 saturated carbocycles. The summed E-state index contributed by atoms with van der Waals surface area (Å²) in [7, 11) is 0. The maximum absolute atomic E-state index is 12.5. The van der Waals surface area contributed by atoms with E-state index in [1.54, 1.807) is 18.2 Å². The summed E-state index contributed by atoms with van der Waals surface area (Å²) in [6, 6.07) is 12.2. The van der Waals surface area contributed by atoms with Crippen molar-refractivity contribution in [2.45, 2.75) is 0 Å². The molecule has 0 fully saturated rings. The van der Waals surface area contributed by atoms with Crippen molar-refractivity contribution < 1.29 is 9.21 Å². The zero-order chi connectivity index (χ0) is 13.4. The van der Waals surface area contributed by atoms with Crippen LogP contribution in [0.1, 0.15) is 15.9 Å². The monoisotopic (exact) mass is 290 g/mol. The second kappa shape index (κ2) is 4.72. The summed E-state index contributed by atoms with van der Waals surface area (Å²) < 4.78 is 5.36. The van der Waals surface area contributed by atoms with E-state index in [4.69, 9.17) is 27.6 Å². The number of hydrogen-bond acceptors (Lipinski definition) is 2. The van der Waals surface area contributed by atoms with Gasteiger partial charge < -0.3 is 4.42 Å². The first-order chi connectivity index (χ1) is 9.16. The van der Waals surface area contributed by atoms with E-state index in [0.29, 0.717) is 26.8 Å². The fraction of sp³-hybridized carbons (Fsp3) is 0. The van der Waals surface area contributed by atoms with Crippen LogP contribution in [0.4, 0.5) is 0 Å². The molecule has 1 heterocycles. The van der Waals surface area contributed by atoms with E-state index in [1.807, 2.05) is 24.3 Å². The molecule has 94 valence electrons. The normalized spacial score (nSPS) is 10.8. The van der Waals surface area contributed by atoms with Gasteiger partial charge in [-0.25, -0.2) is 0 Å². The van der Waals surface area contributed by atoms with Gasteiger partial charge in [0, 0.05) is 16.0 Å². The van der Waals surface area contributed by atoms with Crippen LogP contribution < -0.4 is 0 Å². The average molecular weight is 291 g/mol. The first-order valence-corrected chi connectivity index (χ1v) is 6.38. The van der Waals surface area contributed by atoms with Crippen LogP contribution in [0.15, 0.2) is 53.1 Å². The first kappa shape index (κ1) is 12.3. The van der Waals surface area contributed by atoms with Crippen LogP contribution in [0.2, 0.25) is 10.0 Å². The molecule has 0 saturated heterocycles. The lowest BCUT2D eigenvalue weighted by Crippen LogP contribution is -2.01. The molecule has 0 aliphatic carbocycles. The van der Waals surface area contributed by atoms with Gasteiger partial charge in [0.1, 0.15) is 11.8 Å². The van der Waals surface area contributed by atoms with Crippen LogP contribution >= 0.6 is 23.2 Å². The van der Waals surface area contributed by atoms with Crippen molar-refractivity contribution in [2.24, 2.45) is 0 Å². The number of halogens is 2. The van der Waals surface area contributed by atoms with Crippen LogP contribution in [0, 0.1) is 0 Å². The molecule has 0 radical (unpaired) electrons. The topological polar surface area (TPSA) is 30.2 Å². The summed E-state index contributed by atoms with van der Waals surface area (Å²) in [6.07, 6.45) is 1.45. The summed E-state index contributed by atoms with van der Waals surface area (Å²) in [6.45, 7) is 0. The molecule has 1 aromatic heterocycles. The molecule has 3 rings (SSSR count). The van der Waals surface area contributed by atoms with Gasteiger partial charge in [0.05, 0.1) is 10.6 Å². The number of fused-ring (bicyclic) bond motifs is 1. The molecule has 0 atom stereocenters. The van der Waals surface area contributed by atoms with E-state index < -0.39 is 0 Å². The maximum atomic E-state index is 12.5. The Morgan fingerprint density at radius 2 is 1.79 bits per heavy atom. The Labute approximate surface area is 119 Å². The highest BCUT2D eigenvalue weighted by atomic mass is 35.5. The minimum absolute atomic E-state index is 0.197. The van der Waals surface area contributed by atoms with Crippen molar-refractivity contribution >= 4 is 40.0 Å². The molecule has 0 N–H and O–H groups in total. The molecular weight excluding hydrogens is 283 g/mol. The second-order valence-corrected chi connectivity index (χ2v) is 4.94. The Morgan fingerprint density at radius 3 is 2.63 bits per heavy atom. The molecule has 19 heavy (non-hydrogen) atoms. The smallest absolute Gasteiger partial charge is 0.198 e. The lowest BCUT2D eigenvalue weighted by atomic mass is 10.0. The summed E-state index contributed by atoms with van der Waals surface area (Å²) in [5, 5.41) is 1.61. The number of hydrogen-bond donors (Lipinski definition) is 0. The number of benzene rings is 2. The van der Waals surface area contributed by atoms with E-state index in [-0.39, 0.29) is 5.78 Å². The van der Waals surface area contributed by atoms with Crippen LogP contribution in [-0.4, -0.2) is 5.78 Å². The van der Waals surface area contributed by atoms with Gasteiger partial charge in [-0.2, -0.15) is 0 Å². The molecule has 2 nitrogen and oxygen atoms in total. The zero-order valence-electron chi connectivity index (χ0n) is 9.69. The third-order valence-corrected chi connectivity index (χ3v) is 3.46. The van der Waals surface area contributed by atoms with Gasteiger partial charge in [-0.05, 0) is 24.3 Å². The SMILES string of the molecule is O=C(c1cc(Cl)ccc1Cl)c1coc2ccccc12. The molecule has 0 bridgehead atoms. The number of para-hydroxylation sites is 1. The van der Waals surface area contributed by atoms with E-state index in [9.17, 15) is 4.79 Å². The number of furan rings is 1. The fourth-order valence-corrected chi connectivity index (χ4v) is 2.35. The average Bonchev–Trinajstić information content (AvgIpc) is 2.84. The second-order valence-electron chi connectivity index (χ2n) is 4.10. The van der Waals surface area contributed by atoms with Crippen molar-refractivity contribution in [2.75, 3.05) is 0 Å². The Bertz CT molecular complexity index is 775. The summed E-state index contributed by atoms with van der Waals surface area (Å²) in [5.41, 5.74) is 1.53. The summed E-state index contributed by atoms with van der Waals surface area (Å²) in [4.78, 5) is 12.5. The number of rotatable bonds is 2. The van der Waals surface area contributed by atoms with Crippen molar-refractivity contribution in [3.8, 4) is 0 Å². The fourth-order valence-electron chi connectivity index (χ4n) is 1.97. The number of carbonyl (C=O) groups is 1. The van der Waals surface area contributed by atoms with Crippen LogP contribution in [0.25, 0.3) is 11.0 Å². The third-order valence-electron chi connectivity index (χ3n) is 2.90. The summed E-state index contributed by atoms with van der Waals surface area (Å²) in [5.74, 6) is -0.197. The maximum Gasteiger partial charge on any atom is 0.198 e. The highest BCUT2D eigenvalue weighted by molar-refractivity contribution is 6.37. The highest BCUT2D eigenvalue weighted by Gasteiger charge is 2.18. The molecular formula is C15H8Cl2O2. The predicted molar refractivity (Wildman–Crippen MR) is 76.1 cm³/mol. The molecule has 0 amide bonds. The molecule has 4 heteroatoms. The van der Waals surface area contributed by atoms with E-state index in [1.165, 1.54) is 6.26 Å². The molecule has 3 aromatic rings. The van der Waals surface area contributed by atoms with Gasteiger partial charge in [0.25, 0.3) is 0 Å². The van der Waals surface area contributed by atoms with Gasteiger partial charge in [0.15, 0.2) is 5.78 Å². The van der Waals surface area contributed by atoms with Crippen LogP contribution in [0.5, 0.6) is 0 Å². The Kier molecular flexibility index (Phi) is 3.05. The van der Waals surface area contributed by atoms with Gasteiger partial charge in [-0.15, -0.1) is 0 Å². The van der Waals surface area contributed by atoms with Crippen LogP contribution in [-0.2, 0) is 0 Å². The minimum atomic E-state index is -0.197. The van der Waals surface area contributed by atoms with Crippen molar-refractivity contribution in [1.29, 1.82) is 0 Å². The van der Waals surface area contributed by atoms with E-state index >= 15 is 0 Å². The Morgan fingerprint density at radius 1 is 1.00 bits per heavy atom. The molecule has 0 aliphatic rings. The quantitative estimate of drug-likeness (QED) is 0.624. The molecule has 0 spiro atoms. The first-order valence-electron chi connectivity index (χ1n) is 5.63. The van der Waals surface area contributed by atoms with Gasteiger partial charge in [-0.1, -0.05) is 41.4 Å². The van der Waals surface area contributed by atoms with Gasteiger partial charge in [-0.3, -0.25) is 4.79 Å². The predicted octanol–water partition coefficient (Wildman–Crippen LogP) is 4.97. The largest absolute Gasteiger partial charge is 0.464 e. The van der Waals surface area contributed by atoms with Gasteiger partial charge >= 0.3 is 0 Å². The van der Waals surface area contributed by atoms with E-state index in [2.05, 4.69) is 0 Å².